The molecule has 1 rings (SSSR count). The second kappa shape index (κ2) is 7.34. The Hall–Kier alpha value is -0.120. The normalized spacial score (nSPS) is 26.6. The van der Waals surface area contributed by atoms with E-state index in [4.69, 9.17) is 9.47 Å². The van der Waals surface area contributed by atoms with Crippen molar-refractivity contribution in [1.82, 2.24) is 5.32 Å². The van der Waals surface area contributed by atoms with E-state index in [0.29, 0.717) is 17.3 Å². The summed E-state index contributed by atoms with van der Waals surface area (Å²) in [6.07, 6.45) is 2.31. The van der Waals surface area contributed by atoms with Crippen molar-refractivity contribution in [3.05, 3.63) is 0 Å². The zero-order valence-electron chi connectivity index (χ0n) is 11.9. The smallest absolute Gasteiger partial charge is 0.0538 e. The first-order valence-corrected chi connectivity index (χ1v) is 6.88. The van der Waals surface area contributed by atoms with Gasteiger partial charge in [0.05, 0.1) is 6.61 Å². The standard InChI is InChI=1S/C14H29NO2/c1-12(2)9-15-10-14(6-8-17-11-14)13(3)5-7-16-4/h12-13,15H,5-11H2,1-4H3. The van der Waals surface area contributed by atoms with Crippen molar-refractivity contribution >= 4 is 0 Å². The predicted octanol–water partition coefficient (Wildman–Crippen LogP) is 2.31. The average Bonchev–Trinajstić information content (AvgIpc) is 2.75. The van der Waals surface area contributed by atoms with Gasteiger partial charge in [-0.25, -0.2) is 0 Å². The molecule has 0 aliphatic carbocycles. The van der Waals surface area contributed by atoms with Crippen LogP contribution in [0, 0.1) is 17.3 Å². The number of hydrogen-bond donors (Lipinski definition) is 1. The highest BCUT2D eigenvalue weighted by Crippen LogP contribution is 2.37. The molecule has 2 unspecified atom stereocenters. The van der Waals surface area contributed by atoms with Crippen molar-refractivity contribution in [3.63, 3.8) is 0 Å². The topological polar surface area (TPSA) is 30.5 Å². The maximum absolute atomic E-state index is 5.64. The van der Waals surface area contributed by atoms with Crippen molar-refractivity contribution in [1.29, 1.82) is 0 Å². The lowest BCUT2D eigenvalue weighted by Gasteiger charge is -2.34. The summed E-state index contributed by atoms with van der Waals surface area (Å²) < 4.78 is 10.8. The number of nitrogens with one attached hydrogen (secondary N) is 1. The Morgan fingerprint density at radius 1 is 1.35 bits per heavy atom. The van der Waals surface area contributed by atoms with Crippen LogP contribution in [-0.2, 0) is 9.47 Å². The van der Waals surface area contributed by atoms with Crippen LogP contribution in [0.1, 0.15) is 33.6 Å². The molecule has 2 atom stereocenters. The van der Waals surface area contributed by atoms with E-state index in [9.17, 15) is 0 Å². The number of ether oxygens (including phenoxy) is 2. The molecule has 0 saturated carbocycles. The second-order valence-corrected chi connectivity index (χ2v) is 5.87. The zero-order chi connectivity index (χ0) is 12.7. The Kier molecular flexibility index (Phi) is 6.45. The van der Waals surface area contributed by atoms with Gasteiger partial charge in [0.25, 0.3) is 0 Å². The molecule has 1 aliphatic rings. The first-order valence-electron chi connectivity index (χ1n) is 6.88. The lowest BCUT2D eigenvalue weighted by atomic mass is 9.74. The van der Waals surface area contributed by atoms with Crippen molar-refractivity contribution in [2.24, 2.45) is 17.3 Å². The van der Waals surface area contributed by atoms with Gasteiger partial charge in [0.15, 0.2) is 0 Å². The Labute approximate surface area is 106 Å². The molecule has 0 aromatic carbocycles. The fourth-order valence-electron chi connectivity index (χ4n) is 2.54. The molecule has 0 radical (unpaired) electrons. The SMILES string of the molecule is COCCC(C)C1(CNCC(C)C)CCOC1. The third-order valence-electron chi connectivity index (χ3n) is 3.96. The molecule has 3 nitrogen and oxygen atoms in total. The monoisotopic (exact) mass is 243 g/mol. The summed E-state index contributed by atoms with van der Waals surface area (Å²) in [6.45, 7) is 11.7. The van der Waals surface area contributed by atoms with Crippen molar-refractivity contribution in [2.45, 2.75) is 33.6 Å². The first-order chi connectivity index (χ1) is 8.10. The Bertz CT molecular complexity index is 200. The van der Waals surface area contributed by atoms with Gasteiger partial charge in [-0.05, 0) is 31.2 Å². The van der Waals surface area contributed by atoms with Crippen molar-refractivity contribution in [3.8, 4) is 0 Å². The molecule has 1 N–H and O–H groups in total. The van der Waals surface area contributed by atoms with E-state index in [-0.39, 0.29) is 0 Å². The molecular formula is C14H29NO2. The zero-order valence-corrected chi connectivity index (χ0v) is 11.9. The Balaban J connectivity index is 2.43. The average molecular weight is 243 g/mol. The highest BCUT2D eigenvalue weighted by atomic mass is 16.5. The van der Waals surface area contributed by atoms with E-state index < -0.39 is 0 Å². The van der Waals surface area contributed by atoms with Gasteiger partial charge in [-0.3, -0.25) is 0 Å². The van der Waals surface area contributed by atoms with E-state index >= 15 is 0 Å². The third-order valence-corrected chi connectivity index (χ3v) is 3.96. The van der Waals surface area contributed by atoms with Gasteiger partial charge in [0, 0.05) is 32.3 Å². The minimum absolute atomic E-state index is 0.327. The first kappa shape index (κ1) is 14.9. The van der Waals surface area contributed by atoms with E-state index in [0.717, 1.165) is 39.3 Å². The fraction of sp³-hybridized carbons (Fsp3) is 1.00. The maximum Gasteiger partial charge on any atom is 0.0538 e. The molecule has 0 amide bonds. The van der Waals surface area contributed by atoms with Gasteiger partial charge in [-0.1, -0.05) is 20.8 Å². The van der Waals surface area contributed by atoms with Crippen LogP contribution in [0.25, 0.3) is 0 Å². The summed E-state index contributed by atoms with van der Waals surface area (Å²) in [7, 11) is 1.78. The third kappa shape index (κ3) is 4.57. The van der Waals surface area contributed by atoms with Gasteiger partial charge in [-0.15, -0.1) is 0 Å². The van der Waals surface area contributed by atoms with Gasteiger partial charge in [0.2, 0.25) is 0 Å². The lowest BCUT2D eigenvalue weighted by molar-refractivity contribution is 0.0856. The molecule has 1 heterocycles. The van der Waals surface area contributed by atoms with Crippen molar-refractivity contribution in [2.75, 3.05) is 40.0 Å². The predicted molar refractivity (Wildman–Crippen MR) is 71.2 cm³/mol. The summed E-state index contributed by atoms with van der Waals surface area (Å²) in [4.78, 5) is 0. The highest BCUT2D eigenvalue weighted by molar-refractivity contribution is 4.89. The van der Waals surface area contributed by atoms with Gasteiger partial charge >= 0.3 is 0 Å². The molecule has 0 aromatic heterocycles. The summed E-state index contributed by atoms with van der Waals surface area (Å²) >= 11 is 0. The van der Waals surface area contributed by atoms with Crippen LogP contribution in [0.15, 0.2) is 0 Å². The van der Waals surface area contributed by atoms with Crippen LogP contribution in [0.2, 0.25) is 0 Å². The fourth-order valence-corrected chi connectivity index (χ4v) is 2.54. The van der Waals surface area contributed by atoms with E-state index in [2.05, 4.69) is 26.1 Å². The van der Waals surface area contributed by atoms with Crippen LogP contribution < -0.4 is 5.32 Å². The molecule has 1 aliphatic heterocycles. The maximum atomic E-state index is 5.64. The quantitative estimate of drug-likeness (QED) is 0.709. The molecule has 1 saturated heterocycles. The molecule has 0 bridgehead atoms. The van der Waals surface area contributed by atoms with Crippen LogP contribution >= 0.6 is 0 Å². The molecule has 102 valence electrons. The molecule has 17 heavy (non-hydrogen) atoms. The van der Waals surface area contributed by atoms with E-state index in [1.165, 1.54) is 6.42 Å². The largest absolute Gasteiger partial charge is 0.385 e. The minimum Gasteiger partial charge on any atom is -0.385 e. The molecule has 3 heteroatoms. The van der Waals surface area contributed by atoms with Gasteiger partial charge in [-0.2, -0.15) is 0 Å². The second-order valence-electron chi connectivity index (χ2n) is 5.87. The molecular weight excluding hydrogens is 214 g/mol. The van der Waals surface area contributed by atoms with Crippen LogP contribution in [0.4, 0.5) is 0 Å². The lowest BCUT2D eigenvalue weighted by Crippen LogP contribution is -2.41. The summed E-state index contributed by atoms with van der Waals surface area (Å²) in [6, 6.07) is 0. The summed E-state index contributed by atoms with van der Waals surface area (Å²) in [5.41, 5.74) is 0.327. The minimum atomic E-state index is 0.327. The van der Waals surface area contributed by atoms with Gasteiger partial charge < -0.3 is 14.8 Å². The highest BCUT2D eigenvalue weighted by Gasteiger charge is 2.39. The Morgan fingerprint density at radius 3 is 2.65 bits per heavy atom. The number of rotatable bonds is 8. The molecule has 0 aromatic rings. The van der Waals surface area contributed by atoms with Crippen LogP contribution in [-0.4, -0.2) is 40.0 Å². The molecule has 1 fully saturated rings. The Morgan fingerprint density at radius 2 is 2.12 bits per heavy atom. The summed E-state index contributed by atoms with van der Waals surface area (Å²) in [5, 5.41) is 3.60. The van der Waals surface area contributed by atoms with Crippen LogP contribution in [0.3, 0.4) is 0 Å². The van der Waals surface area contributed by atoms with E-state index in [1.807, 2.05) is 0 Å². The number of methoxy groups -OCH3 is 1. The van der Waals surface area contributed by atoms with Crippen molar-refractivity contribution < 1.29 is 9.47 Å². The van der Waals surface area contributed by atoms with Crippen LogP contribution in [0.5, 0.6) is 0 Å². The summed E-state index contributed by atoms with van der Waals surface area (Å²) in [5.74, 6) is 1.37. The number of hydrogen-bond acceptors (Lipinski definition) is 3. The van der Waals surface area contributed by atoms with E-state index in [1.54, 1.807) is 7.11 Å². The van der Waals surface area contributed by atoms with Gasteiger partial charge in [0.1, 0.15) is 0 Å². The molecule has 0 spiro atoms.